The highest BCUT2D eigenvalue weighted by atomic mass is 32.1. The summed E-state index contributed by atoms with van der Waals surface area (Å²) in [4.78, 5) is 4.67. The maximum atomic E-state index is 5.84. The quantitative estimate of drug-likeness (QED) is 0.632. The lowest BCUT2D eigenvalue weighted by Crippen LogP contribution is -2.07. The number of rotatable bonds is 3. The van der Waals surface area contributed by atoms with Crippen molar-refractivity contribution in [2.24, 2.45) is 5.73 Å². The predicted octanol–water partition coefficient (Wildman–Crippen LogP) is 2.73. The molecule has 0 radical (unpaired) electrons. The van der Waals surface area contributed by atoms with Gasteiger partial charge in [-0.05, 0) is 24.3 Å². The Morgan fingerprint density at radius 3 is 2.67 bits per heavy atom. The number of hydrogen-bond donors (Lipinski definition) is 1. The molecule has 4 aromatic rings. The molecule has 3 heterocycles. The zero-order valence-electron chi connectivity index (χ0n) is 11.2. The number of benzene rings is 1. The Labute approximate surface area is 125 Å². The molecule has 2 N–H and O–H groups in total. The highest BCUT2D eigenvalue weighted by Gasteiger charge is 2.15. The van der Waals surface area contributed by atoms with Gasteiger partial charge in [-0.25, -0.2) is 4.98 Å². The Kier molecular flexibility index (Phi) is 2.83. The van der Waals surface area contributed by atoms with E-state index in [4.69, 9.17) is 5.73 Å². The fourth-order valence-corrected chi connectivity index (χ4v) is 3.29. The van der Waals surface area contributed by atoms with Gasteiger partial charge in [0.2, 0.25) is 5.13 Å². The van der Waals surface area contributed by atoms with Crippen molar-refractivity contribution in [3.63, 3.8) is 0 Å². The summed E-state index contributed by atoms with van der Waals surface area (Å²) >= 11 is 1.62. The molecule has 0 fully saturated rings. The standard InChI is InChI=1S/C15H13N5S/c16-9-11-10-17-20(14(11)19-7-3-4-8-19)15-18-12-5-1-2-6-13(12)21-15/h1-8,10H,9,16H2. The van der Waals surface area contributed by atoms with Gasteiger partial charge in [0.25, 0.3) is 0 Å². The molecule has 0 aliphatic heterocycles. The molecule has 0 saturated carbocycles. The fourth-order valence-electron chi connectivity index (χ4n) is 2.36. The Morgan fingerprint density at radius 2 is 1.90 bits per heavy atom. The molecule has 104 valence electrons. The molecule has 3 aromatic heterocycles. The molecule has 0 aliphatic rings. The van der Waals surface area contributed by atoms with Crippen LogP contribution >= 0.6 is 11.3 Å². The minimum atomic E-state index is 0.443. The smallest absolute Gasteiger partial charge is 0.213 e. The van der Waals surface area contributed by atoms with E-state index in [1.807, 2.05) is 52.0 Å². The van der Waals surface area contributed by atoms with Gasteiger partial charge in [-0.2, -0.15) is 9.78 Å². The second-order valence-corrected chi connectivity index (χ2v) is 5.67. The van der Waals surface area contributed by atoms with E-state index in [0.717, 1.165) is 26.7 Å². The number of aromatic nitrogens is 4. The molecule has 0 saturated heterocycles. The normalized spacial score (nSPS) is 11.3. The zero-order chi connectivity index (χ0) is 14.2. The van der Waals surface area contributed by atoms with Gasteiger partial charge in [-0.3, -0.25) is 0 Å². The predicted molar refractivity (Wildman–Crippen MR) is 84.0 cm³/mol. The van der Waals surface area contributed by atoms with Gasteiger partial charge in [0.1, 0.15) is 5.82 Å². The van der Waals surface area contributed by atoms with Gasteiger partial charge < -0.3 is 10.3 Å². The minimum absolute atomic E-state index is 0.443. The number of nitrogens with zero attached hydrogens (tertiary/aromatic N) is 4. The molecule has 0 unspecified atom stereocenters. The molecule has 21 heavy (non-hydrogen) atoms. The van der Waals surface area contributed by atoms with Crippen molar-refractivity contribution in [3.05, 3.63) is 60.6 Å². The molecule has 1 aromatic carbocycles. The van der Waals surface area contributed by atoms with Crippen LogP contribution in [0.2, 0.25) is 0 Å². The molecule has 0 amide bonds. The summed E-state index contributed by atoms with van der Waals surface area (Å²) in [5, 5.41) is 5.32. The average molecular weight is 295 g/mol. The highest BCUT2D eigenvalue weighted by Crippen LogP contribution is 2.27. The van der Waals surface area contributed by atoms with Crippen LogP contribution in [-0.2, 0) is 6.54 Å². The van der Waals surface area contributed by atoms with Crippen molar-refractivity contribution in [1.82, 2.24) is 19.3 Å². The van der Waals surface area contributed by atoms with Crippen LogP contribution in [0.4, 0.5) is 0 Å². The van der Waals surface area contributed by atoms with Crippen molar-refractivity contribution in [3.8, 4) is 10.9 Å². The van der Waals surface area contributed by atoms with Crippen LogP contribution < -0.4 is 5.73 Å². The van der Waals surface area contributed by atoms with E-state index in [1.165, 1.54) is 0 Å². The van der Waals surface area contributed by atoms with Gasteiger partial charge >= 0.3 is 0 Å². The van der Waals surface area contributed by atoms with Gasteiger partial charge in [-0.15, -0.1) is 0 Å². The summed E-state index contributed by atoms with van der Waals surface area (Å²) in [6.45, 7) is 0.443. The second kappa shape index (κ2) is 4.83. The lowest BCUT2D eigenvalue weighted by atomic mass is 10.3. The summed E-state index contributed by atoms with van der Waals surface area (Å²) in [7, 11) is 0. The fraction of sp³-hybridized carbons (Fsp3) is 0.0667. The molecule has 0 bridgehead atoms. The van der Waals surface area contributed by atoms with Crippen LogP contribution in [0.15, 0.2) is 55.0 Å². The zero-order valence-corrected chi connectivity index (χ0v) is 12.0. The van der Waals surface area contributed by atoms with Crippen molar-refractivity contribution in [2.45, 2.75) is 6.54 Å². The third kappa shape index (κ3) is 1.96. The molecule has 6 heteroatoms. The van der Waals surface area contributed by atoms with E-state index in [0.29, 0.717) is 6.54 Å². The molecule has 4 rings (SSSR count). The number of thiazole rings is 1. The average Bonchev–Trinajstić information content (AvgIpc) is 3.23. The first-order valence-corrected chi connectivity index (χ1v) is 7.45. The molecule has 0 spiro atoms. The summed E-state index contributed by atoms with van der Waals surface area (Å²) < 4.78 is 5.02. The lowest BCUT2D eigenvalue weighted by Gasteiger charge is -2.07. The lowest BCUT2D eigenvalue weighted by molar-refractivity contribution is 0.813. The number of fused-ring (bicyclic) bond motifs is 1. The maximum Gasteiger partial charge on any atom is 0.213 e. The van der Waals surface area contributed by atoms with E-state index in [-0.39, 0.29) is 0 Å². The van der Waals surface area contributed by atoms with Gasteiger partial charge in [-0.1, -0.05) is 23.5 Å². The molecule has 0 aliphatic carbocycles. The van der Waals surface area contributed by atoms with Crippen LogP contribution in [0.1, 0.15) is 5.56 Å². The van der Waals surface area contributed by atoms with E-state index in [2.05, 4.69) is 16.1 Å². The Hall–Kier alpha value is -2.44. The highest BCUT2D eigenvalue weighted by molar-refractivity contribution is 7.20. The minimum Gasteiger partial charge on any atom is -0.326 e. The number of nitrogens with two attached hydrogens (primary N) is 1. The summed E-state index contributed by atoms with van der Waals surface area (Å²) in [5.74, 6) is 0.946. The van der Waals surface area contributed by atoms with Crippen molar-refractivity contribution < 1.29 is 0 Å². The van der Waals surface area contributed by atoms with Gasteiger partial charge in [0.05, 0.1) is 16.4 Å². The van der Waals surface area contributed by atoms with Crippen LogP contribution in [0.3, 0.4) is 0 Å². The van der Waals surface area contributed by atoms with Crippen molar-refractivity contribution in [2.75, 3.05) is 0 Å². The van der Waals surface area contributed by atoms with Crippen LogP contribution in [0.25, 0.3) is 21.2 Å². The Morgan fingerprint density at radius 1 is 1.10 bits per heavy atom. The largest absolute Gasteiger partial charge is 0.326 e. The van der Waals surface area contributed by atoms with Crippen molar-refractivity contribution >= 4 is 21.6 Å². The van der Waals surface area contributed by atoms with Crippen LogP contribution in [0, 0.1) is 0 Å². The van der Waals surface area contributed by atoms with E-state index >= 15 is 0 Å². The van der Waals surface area contributed by atoms with E-state index in [1.54, 1.807) is 17.5 Å². The summed E-state index contributed by atoms with van der Waals surface area (Å²) in [5.41, 5.74) is 7.82. The third-order valence-electron chi connectivity index (χ3n) is 3.35. The van der Waals surface area contributed by atoms with Crippen LogP contribution in [0.5, 0.6) is 0 Å². The first-order valence-electron chi connectivity index (χ1n) is 6.63. The Balaban J connectivity index is 1.94. The summed E-state index contributed by atoms with van der Waals surface area (Å²) in [6, 6.07) is 12.1. The summed E-state index contributed by atoms with van der Waals surface area (Å²) in [6.07, 6.45) is 5.78. The second-order valence-electron chi connectivity index (χ2n) is 4.66. The maximum absolute atomic E-state index is 5.84. The topological polar surface area (TPSA) is 61.7 Å². The first-order chi connectivity index (χ1) is 10.4. The van der Waals surface area contributed by atoms with Gasteiger partial charge in [0, 0.05) is 24.5 Å². The first kappa shape index (κ1) is 12.3. The number of para-hydroxylation sites is 1. The molecular formula is C15H13N5S. The Bertz CT molecular complexity index is 855. The van der Waals surface area contributed by atoms with Crippen LogP contribution in [-0.4, -0.2) is 19.3 Å². The van der Waals surface area contributed by atoms with Gasteiger partial charge in [0.15, 0.2) is 0 Å². The number of hydrogen-bond acceptors (Lipinski definition) is 4. The monoisotopic (exact) mass is 295 g/mol. The third-order valence-corrected chi connectivity index (χ3v) is 4.36. The molecular weight excluding hydrogens is 282 g/mol. The molecule has 0 atom stereocenters. The SMILES string of the molecule is NCc1cnn(-c2nc3ccccc3s2)c1-n1cccc1. The van der Waals surface area contributed by atoms with E-state index < -0.39 is 0 Å². The van der Waals surface area contributed by atoms with Crippen molar-refractivity contribution in [1.29, 1.82) is 0 Å². The van der Waals surface area contributed by atoms with E-state index in [9.17, 15) is 0 Å². The molecule has 5 nitrogen and oxygen atoms in total.